The van der Waals surface area contributed by atoms with Crippen molar-refractivity contribution in [1.82, 2.24) is 9.97 Å². The maximum atomic E-state index is 11.6. The smallest absolute Gasteiger partial charge is 0.343 e. The third-order valence-corrected chi connectivity index (χ3v) is 2.68. The first kappa shape index (κ1) is 14.9. The van der Waals surface area contributed by atoms with E-state index < -0.39 is 17.3 Å². The van der Waals surface area contributed by atoms with Crippen LogP contribution in [-0.2, 0) is 9.53 Å². The van der Waals surface area contributed by atoms with Gasteiger partial charge in [0.15, 0.2) is 0 Å². The molecule has 1 rings (SSSR count). The molecule has 0 bridgehead atoms. The van der Waals surface area contributed by atoms with Crippen LogP contribution in [0.4, 0.5) is 5.82 Å². The van der Waals surface area contributed by atoms with Gasteiger partial charge in [0.05, 0.1) is 12.5 Å². The molecule has 1 aromatic rings. The molecular formula is C12H18N4O3. The summed E-state index contributed by atoms with van der Waals surface area (Å²) in [4.78, 5) is 30.9. The lowest BCUT2D eigenvalue weighted by molar-refractivity contribution is -0.125. The summed E-state index contributed by atoms with van der Waals surface area (Å²) in [6.45, 7) is 5.36. The number of aryl methyl sites for hydroxylation is 1. The molecule has 0 aliphatic rings. The molecule has 0 spiro atoms. The van der Waals surface area contributed by atoms with E-state index in [9.17, 15) is 9.59 Å². The third kappa shape index (κ3) is 3.64. The van der Waals surface area contributed by atoms with Gasteiger partial charge in [0.1, 0.15) is 17.2 Å². The van der Waals surface area contributed by atoms with Gasteiger partial charge >= 0.3 is 5.97 Å². The molecule has 0 saturated heterocycles. The standard InChI is InChI=1S/C12H18N4O3/c1-7-14-5-8(10(17)19-4)9(16-7)15-6-12(2,3)11(13)18/h5H,6H2,1-4H3,(H2,13,18)(H,14,15,16). The fourth-order valence-electron chi connectivity index (χ4n) is 1.26. The number of rotatable bonds is 5. The lowest BCUT2D eigenvalue weighted by atomic mass is 9.93. The van der Waals surface area contributed by atoms with Crippen LogP contribution < -0.4 is 11.1 Å². The molecule has 0 unspecified atom stereocenters. The fraction of sp³-hybridized carbons (Fsp3) is 0.500. The van der Waals surface area contributed by atoms with Gasteiger partial charge in [0, 0.05) is 12.7 Å². The minimum Gasteiger partial charge on any atom is -0.465 e. The van der Waals surface area contributed by atoms with Crippen molar-refractivity contribution in [3.63, 3.8) is 0 Å². The predicted molar refractivity (Wildman–Crippen MR) is 69.6 cm³/mol. The number of esters is 1. The van der Waals surface area contributed by atoms with E-state index in [4.69, 9.17) is 5.73 Å². The Kier molecular flexibility index (Phi) is 4.42. The SMILES string of the molecule is COC(=O)c1cnc(C)nc1NCC(C)(C)C(N)=O. The Morgan fingerprint density at radius 2 is 2.11 bits per heavy atom. The molecule has 0 radical (unpaired) electrons. The number of nitrogens with zero attached hydrogens (tertiary/aromatic N) is 2. The Bertz CT molecular complexity index is 500. The number of aromatic nitrogens is 2. The van der Waals surface area contributed by atoms with E-state index >= 15 is 0 Å². The van der Waals surface area contributed by atoms with Crippen LogP contribution in [0.2, 0.25) is 0 Å². The Hall–Kier alpha value is -2.18. The number of amides is 1. The highest BCUT2D eigenvalue weighted by atomic mass is 16.5. The van der Waals surface area contributed by atoms with Crippen molar-refractivity contribution in [2.75, 3.05) is 19.0 Å². The average molecular weight is 266 g/mol. The molecule has 19 heavy (non-hydrogen) atoms. The summed E-state index contributed by atoms with van der Waals surface area (Å²) in [5.41, 5.74) is 4.74. The van der Waals surface area contributed by atoms with Crippen LogP contribution in [0, 0.1) is 12.3 Å². The number of anilines is 1. The van der Waals surface area contributed by atoms with Crippen LogP contribution in [0.25, 0.3) is 0 Å². The summed E-state index contributed by atoms with van der Waals surface area (Å²) in [6.07, 6.45) is 1.38. The highest BCUT2D eigenvalue weighted by Gasteiger charge is 2.26. The number of primary amides is 1. The number of nitrogens with one attached hydrogen (secondary N) is 1. The Labute approximate surface area is 111 Å². The molecule has 7 nitrogen and oxygen atoms in total. The first-order chi connectivity index (χ1) is 8.77. The second-order valence-electron chi connectivity index (χ2n) is 4.77. The van der Waals surface area contributed by atoms with Gasteiger partial charge < -0.3 is 15.8 Å². The van der Waals surface area contributed by atoms with Gasteiger partial charge in [-0.05, 0) is 20.8 Å². The van der Waals surface area contributed by atoms with Gasteiger partial charge in [-0.25, -0.2) is 14.8 Å². The highest BCUT2D eigenvalue weighted by Crippen LogP contribution is 2.18. The van der Waals surface area contributed by atoms with Crippen LogP contribution in [0.1, 0.15) is 30.0 Å². The summed E-state index contributed by atoms with van der Waals surface area (Å²) in [5.74, 6) is -0.148. The largest absolute Gasteiger partial charge is 0.465 e. The Morgan fingerprint density at radius 1 is 1.47 bits per heavy atom. The van der Waals surface area contributed by atoms with E-state index in [0.29, 0.717) is 11.6 Å². The first-order valence-corrected chi connectivity index (χ1v) is 5.73. The molecule has 0 aliphatic heterocycles. The van der Waals surface area contributed by atoms with Gasteiger partial charge in [0.25, 0.3) is 0 Å². The summed E-state index contributed by atoms with van der Waals surface area (Å²) < 4.78 is 4.65. The zero-order valence-electron chi connectivity index (χ0n) is 11.5. The highest BCUT2D eigenvalue weighted by molar-refractivity contribution is 5.94. The summed E-state index contributed by atoms with van der Waals surface area (Å²) in [5, 5.41) is 2.94. The molecule has 0 atom stereocenters. The van der Waals surface area contributed by atoms with Gasteiger partial charge in [-0.2, -0.15) is 0 Å². The molecule has 0 saturated carbocycles. The maximum absolute atomic E-state index is 11.6. The topological polar surface area (TPSA) is 107 Å². The number of ether oxygens (including phenoxy) is 1. The molecule has 0 aromatic carbocycles. The third-order valence-electron chi connectivity index (χ3n) is 2.68. The zero-order valence-corrected chi connectivity index (χ0v) is 11.5. The minimum atomic E-state index is -0.758. The second kappa shape index (κ2) is 5.64. The number of carbonyl (C=O) groups is 2. The maximum Gasteiger partial charge on any atom is 0.343 e. The number of hydrogen-bond donors (Lipinski definition) is 2. The van der Waals surface area contributed by atoms with Crippen LogP contribution in [0.15, 0.2) is 6.20 Å². The van der Waals surface area contributed by atoms with E-state index in [1.807, 2.05) is 0 Å². The van der Waals surface area contributed by atoms with Gasteiger partial charge in [-0.1, -0.05) is 0 Å². The quantitative estimate of drug-likeness (QED) is 0.751. The minimum absolute atomic E-state index is 0.216. The number of hydrogen-bond acceptors (Lipinski definition) is 6. The molecule has 1 amide bonds. The molecule has 0 fully saturated rings. The second-order valence-corrected chi connectivity index (χ2v) is 4.77. The number of methoxy groups -OCH3 is 1. The lowest BCUT2D eigenvalue weighted by Crippen LogP contribution is -2.37. The van der Waals surface area contributed by atoms with E-state index in [-0.39, 0.29) is 12.1 Å². The van der Waals surface area contributed by atoms with Crippen molar-refractivity contribution in [2.24, 2.45) is 11.1 Å². The van der Waals surface area contributed by atoms with E-state index in [1.165, 1.54) is 13.3 Å². The van der Waals surface area contributed by atoms with Crippen molar-refractivity contribution < 1.29 is 14.3 Å². The summed E-state index contributed by atoms with van der Waals surface area (Å²) in [7, 11) is 1.28. The van der Waals surface area contributed by atoms with Crippen LogP contribution in [0.5, 0.6) is 0 Å². The van der Waals surface area contributed by atoms with Crippen LogP contribution in [-0.4, -0.2) is 35.5 Å². The molecule has 1 heterocycles. The zero-order chi connectivity index (χ0) is 14.6. The predicted octanol–water partition coefficient (Wildman–Crippen LogP) is 0.495. The van der Waals surface area contributed by atoms with Crippen molar-refractivity contribution in [2.45, 2.75) is 20.8 Å². The van der Waals surface area contributed by atoms with Gasteiger partial charge in [0.2, 0.25) is 5.91 Å². The Morgan fingerprint density at radius 3 is 2.63 bits per heavy atom. The molecular weight excluding hydrogens is 248 g/mol. The normalized spacial score (nSPS) is 10.9. The monoisotopic (exact) mass is 266 g/mol. The number of carbonyl (C=O) groups excluding carboxylic acids is 2. The average Bonchev–Trinajstić information content (AvgIpc) is 2.35. The van der Waals surface area contributed by atoms with E-state index in [2.05, 4.69) is 20.0 Å². The van der Waals surface area contributed by atoms with Crippen molar-refractivity contribution in [3.05, 3.63) is 17.6 Å². The molecule has 3 N–H and O–H groups in total. The van der Waals surface area contributed by atoms with E-state index in [0.717, 1.165) is 0 Å². The van der Waals surface area contributed by atoms with Crippen molar-refractivity contribution in [3.8, 4) is 0 Å². The molecule has 7 heteroatoms. The summed E-state index contributed by atoms with van der Waals surface area (Å²) in [6, 6.07) is 0. The molecule has 1 aromatic heterocycles. The first-order valence-electron chi connectivity index (χ1n) is 5.73. The van der Waals surface area contributed by atoms with Crippen molar-refractivity contribution in [1.29, 1.82) is 0 Å². The van der Waals surface area contributed by atoms with Gasteiger partial charge in [-0.15, -0.1) is 0 Å². The van der Waals surface area contributed by atoms with Gasteiger partial charge in [-0.3, -0.25) is 4.79 Å². The lowest BCUT2D eigenvalue weighted by Gasteiger charge is -2.21. The number of nitrogens with two attached hydrogens (primary N) is 1. The van der Waals surface area contributed by atoms with Crippen LogP contribution in [0.3, 0.4) is 0 Å². The fourth-order valence-corrected chi connectivity index (χ4v) is 1.26. The van der Waals surface area contributed by atoms with Crippen molar-refractivity contribution >= 4 is 17.7 Å². The molecule has 0 aliphatic carbocycles. The molecule has 104 valence electrons. The van der Waals surface area contributed by atoms with E-state index in [1.54, 1.807) is 20.8 Å². The Balaban J connectivity index is 2.97. The summed E-state index contributed by atoms with van der Waals surface area (Å²) >= 11 is 0. The van der Waals surface area contributed by atoms with Crippen LogP contribution >= 0.6 is 0 Å².